The van der Waals surface area contributed by atoms with E-state index in [4.69, 9.17) is 17.3 Å². The monoisotopic (exact) mass is 384 g/mol. The van der Waals surface area contributed by atoms with Crippen LogP contribution in [0.15, 0.2) is 36.5 Å². The number of halogens is 2. The molecule has 0 aliphatic heterocycles. The highest BCUT2D eigenvalue weighted by molar-refractivity contribution is 6.32. The van der Waals surface area contributed by atoms with E-state index in [1.807, 2.05) is 18.2 Å². The van der Waals surface area contributed by atoms with Gasteiger partial charge < -0.3 is 16.2 Å². The smallest absolute Gasteiger partial charge is 0.170 e. The van der Waals surface area contributed by atoms with Crippen LogP contribution in [0.2, 0.25) is 5.02 Å². The number of aromatic hydroxyl groups is 1. The summed E-state index contributed by atoms with van der Waals surface area (Å²) in [5, 5.41) is 14.0. The quantitative estimate of drug-likeness (QED) is 0.601. The second-order valence-electron chi connectivity index (χ2n) is 7.05. The average Bonchev–Trinajstić information content (AvgIpc) is 2.67. The molecule has 0 atom stereocenters. The first-order chi connectivity index (χ1) is 13.0. The number of nitrogens with zero attached hydrogens (tertiary/aromatic N) is 1. The molecule has 1 aliphatic carbocycles. The maximum atomic E-state index is 13.9. The van der Waals surface area contributed by atoms with Crippen molar-refractivity contribution >= 4 is 28.2 Å². The molecule has 1 aliphatic rings. The van der Waals surface area contributed by atoms with Crippen LogP contribution < -0.4 is 11.1 Å². The Morgan fingerprint density at radius 3 is 2.67 bits per heavy atom. The molecule has 0 saturated heterocycles. The number of nitrogens with two attached hydrogens (primary N) is 1. The number of rotatable bonds is 3. The van der Waals surface area contributed by atoms with Crippen LogP contribution in [0, 0.1) is 11.9 Å². The lowest BCUT2D eigenvalue weighted by Gasteiger charge is -2.28. The van der Waals surface area contributed by atoms with Gasteiger partial charge in [0.1, 0.15) is 0 Å². The summed E-state index contributed by atoms with van der Waals surface area (Å²) in [7, 11) is 0. The molecule has 0 amide bonds. The zero-order chi connectivity index (χ0) is 19.0. The molecule has 1 aromatic heterocycles. The number of anilines is 1. The standard InChI is InChI=1S/C21H20ClFN3O/c22-17-10-13(11-18(23)21(17)27)12-1-6-19-16(9-12)20(7-8-25-19)26-15-4-2-14(24)3-5-15/h1,6,8-11,14-15,27H,2-5,24H2,(H,25,26)/t14-,15-. The van der Waals surface area contributed by atoms with Gasteiger partial charge in [-0.3, -0.25) is 4.98 Å². The van der Waals surface area contributed by atoms with Gasteiger partial charge in [0.15, 0.2) is 11.6 Å². The molecule has 1 radical (unpaired) electrons. The number of phenols is 1. The summed E-state index contributed by atoms with van der Waals surface area (Å²) < 4.78 is 13.9. The molecule has 27 heavy (non-hydrogen) atoms. The second-order valence-corrected chi connectivity index (χ2v) is 7.46. The molecule has 1 fully saturated rings. The number of hydrogen-bond acceptors (Lipinski definition) is 4. The molecule has 3 aromatic rings. The molecule has 1 saturated carbocycles. The van der Waals surface area contributed by atoms with Crippen LogP contribution in [0.4, 0.5) is 10.1 Å². The van der Waals surface area contributed by atoms with Crippen molar-refractivity contribution in [2.75, 3.05) is 5.32 Å². The highest BCUT2D eigenvalue weighted by atomic mass is 35.5. The van der Waals surface area contributed by atoms with Gasteiger partial charge in [0.2, 0.25) is 0 Å². The largest absolute Gasteiger partial charge is 0.504 e. The number of benzene rings is 2. The number of nitrogens with one attached hydrogen (secondary N) is 1. The summed E-state index contributed by atoms with van der Waals surface area (Å²) in [6, 6.07) is 12.4. The van der Waals surface area contributed by atoms with Gasteiger partial charge in [-0.2, -0.15) is 0 Å². The topological polar surface area (TPSA) is 71.2 Å². The Bertz CT molecular complexity index is 963. The van der Waals surface area contributed by atoms with E-state index in [1.165, 1.54) is 6.07 Å². The summed E-state index contributed by atoms with van der Waals surface area (Å²) in [6.07, 6.45) is 5.74. The molecule has 1 heterocycles. The first kappa shape index (κ1) is 18.0. The fourth-order valence-corrected chi connectivity index (χ4v) is 3.80. The lowest BCUT2D eigenvalue weighted by molar-refractivity contribution is 0.411. The molecule has 0 spiro atoms. The third kappa shape index (κ3) is 3.70. The molecule has 139 valence electrons. The SMILES string of the molecule is N[C@H]1CC[C@H](Nc2[c]cnc3ccc(-c4cc(F)c(O)c(Cl)c4)cc23)CC1. The lowest BCUT2D eigenvalue weighted by atomic mass is 9.91. The van der Waals surface area contributed by atoms with E-state index in [1.54, 1.807) is 12.3 Å². The minimum Gasteiger partial charge on any atom is -0.504 e. The van der Waals surface area contributed by atoms with Crippen LogP contribution in [0.25, 0.3) is 22.0 Å². The molecule has 0 unspecified atom stereocenters. The highest BCUT2D eigenvalue weighted by Crippen LogP contribution is 2.34. The Kier molecular flexibility index (Phi) is 4.89. The Morgan fingerprint density at radius 2 is 1.93 bits per heavy atom. The molecule has 2 aromatic carbocycles. The summed E-state index contributed by atoms with van der Waals surface area (Å²) in [5.41, 5.74) is 9.09. The van der Waals surface area contributed by atoms with Crippen LogP contribution in [0.3, 0.4) is 0 Å². The maximum Gasteiger partial charge on any atom is 0.170 e. The van der Waals surface area contributed by atoms with E-state index in [9.17, 15) is 9.50 Å². The van der Waals surface area contributed by atoms with Gasteiger partial charge >= 0.3 is 0 Å². The fraction of sp³-hybridized carbons (Fsp3) is 0.286. The van der Waals surface area contributed by atoms with Crippen molar-refractivity contribution in [2.45, 2.75) is 37.8 Å². The van der Waals surface area contributed by atoms with Crippen LogP contribution >= 0.6 is 11.6 Å². The van der Waals surface area contributed by atoms with Crippen molar-refractivity contribution < 1.29 is 9.50 Å². The van der Waals surface area contributed by atoms with E-state index in [-0.39, 0.29) is 5.02 Å². The maximum absolute atomic E-state index is 13.9. The highest BCUT2D eigenvalue weighted by Gasteiger charge is 2.19. The van der Waals surface area contributed by atoms with Gasteiger partial charge in [-0.25, -0.2) is 4.39 Å². The Balaban J connectivity index is 1.71. The number of aromatic nitrogens is 1. The zero-order valence-electron chi connectivity index (χ0n) is 14.7. The van der Waals surface area contributed by atoms with Gasteiger partial charge in [0.25, 0.3) is 0 Å². The third-order valence-corrected chi connectivity index (χ3v) is 5.44. The second kappa shape index (κ2) is 7.33. The van der Waals surface area contributed by atoms with Crippen LogP contribution in [0.1, 0.15) is 25.7 Å². The molecule has 4 nitrogen and oxygen atoms in total. The number of hydrogen-bond donors (Lipinski definition) is 3. The van der Waals surface area contributed by atoms with E-state index in [0.29, 0.717) is 17.6 Å². The zero-order valence-corrected chi connectivity index (χ0v) is 15.4. The van der Waals surface area contributed by atoms with Crippen LogP contribution in [-0.4, -0.2) is 22.2 Å². The number of phenolic OH excluding ortho intramolecular Hbond substituents is 1. The Labute approximate surface area is 162 Å². The van der Waals surface area contributed by atoms with Crippen LogP contribution in [-0.2, 0) is 0 Å². The van der Waals surface area contributed by atoms with Gasteiger partial charge in [0.05, 0.1) is 16.2 Å². The summed E-state index contributed by atoms with van der Waals surface area (Å²) >= 11 is 5.93. The fourth-order valence-electron chi connectivity index (χ4n) is 3.59. The molecule has 4 N–H and O–H groups in total. The van der Waals surface area contributed by atoms with Crippen molar-refractivity contribution in [2.24, 2.45) is 5.73 Å². The minimum atomic E-state index is -0.743. The third-order valence-electron chi connectivity index (χ3n) is 5.15. The number of pyridine rings is 1. The van der Waals surface area contributed by atoms with E-state index in [2.05, 4.69) is 16.4 Å². The molecule has 0 bridgehead atoms. The van der Waals surface area contributed by atoms with Gasteiger partial charge in [0, 0.05) is 29.7 Å². The molecular weight excluding hydrogens is 365 g/mol. The first-order valence-electron chi connectivity index (χ1n) is 9.02. The van der Waals surface area contributed by atoms with Crippen molar-refractivity contribution in [3.8, 4) is 16.9 Å². The van der Waals surface area contributed by atoms with E-state index in [0.717, 1.165) is 47.8 Å². The van der Waals surface area contributed by atoms with Gasteiger partial charge in [-0.05, 0) is 61.1 Å². The van der Waals surface area contributed by atoms with Crippen molar-refractivity contribution in [1.82, 2.24) is 4.98 Å². The Hall–Kier alpha value is -2.37. The average molecular weight is 385 g/mol. The normalized spacial score (nSPS) is 20.0. The predicted molar refractivity (Wildman–Crippen MR) is 107 cm³/mol. The van der Waals surface area contributed by atoms with Crippen molar-refractivity contribution in [3.63, 3.8) is 0 Å². The van der Waals surface area contributed by atoms with E-state index >= 15 is 0 Å². The summed E-state index contributed by atoms with van der Waals surface area (Å²) in [4.78, 5) is 4.38. The van der Waals surface area contributed by atoms with Crippen LogP contribution in [0.5, 0.6) is 5.75 Å². The predicted octanol–water partition coefficient (Wildman–Crippen LogP) is 4.88. The molecular formula is C21H20ClFN3O. The minimum absolute atomic E-state index is 0.0141. The Morgan fingerprint density at radius 1 is 1.15 bits per heavy atom. The van der Waals surface area contributed by atoms with Gasteiger partial charge in [-0.1, -0.05) is 17.7 Å². The summed E-state index contributed by atoms with van der Waals surface area (Å²) in [6.45, 7) is 0. The number of fused-ring (bicyclic) bond motifs is 1. The van der Waals surface area contributed by atoms with Crippen molar-refractivity contribution in [1.29, 1.82) is 0 Å². The lowest BCUT2D eigenvalue weighted by Crippen LogP contribution is -2.32. The molecule has 6 heteroatoms. The first-order valence-corrected chi connectivity index (χ1v) is 9.40. The van der Waals surface area contributed by atoms with Gasteiger partial charge in [-0.15, -0.1) is 0 Å². The van der Waals surface area contributed by atoms with E-state index < -0.39 is 11.6 Å². The van der Waals surface area contributed by atoms with Crippen molar-refractivity contribution in [3.05, 3.63) is 53.4 Å². The summed E-state index contributed by atoms with van der Waals surface area (Å²) in [5.74, 6) is -1.28. The molecule has 4 rings (SSSR count).